The Hall–Kier alpha value is -2.93. The molecule has 26 heavy (non-hydrogen) atoms. The topological polar surface area (TPSA) is 80.5 Å². The highest BCUT2D eigenvalue weighted by Gasteiger charge is 2.15. The predicted octanol–water partition coefficient (Wildman–Crippen LogP) is 2.51. The molecule has 0 saturated carbocycles. The maximum atomic E-state index is 11.1. The zero-order valence-corrected chi connectivity index (χ0v) is 15.1. The summed E-state index contributed by atoms with van der Waals surface area (Å²) < 4.78 is 7.32. The molecule has 0 fully saturated rings. The zero-order chi connectivity index (χ0) is 18.7. The molecular formula is C19H22N4O3. The molecule has 0 aliphatic heterocycles. The summed E-state index contributed by atoms with van der Waals surface area (Å²) >= 11 is 0. The van der Waals surface area contributed by atoms with Gasteiger partial charge in [0.05, 0.1) is 0 Å². The van der Waals surface area contributed by atoms with E-state index in [-0.39, 0.29) is 12.6 Å². The van der Waals surface area contributed by atoms with Gasteiger partial charge in [-0.2, -0.15) is 5.10 Å². The molecule has 0 amide bonds. The van der Waals surface area contributed by atoms with E-state index in [1.54, 1.807) is 6.20 Å². The number of aromatic nitrogens is 3. The number of carbonyl (C=O) groups is 1. The highest BCUT2D eigenvalue weighted by atomic mass is 16.5. The van der Waals surface area contributed by atoms with Gasteiger partial charge < -0.3 is 14.7 Å². The smallest absolute Gasteiger partial charge is 0.325 e. The van der Waals surface area contributed by atoms with Gasteiger partial charge >= 0.3 is 5.97 Å². The van der Waals surface area contributed by atoms with Gasteiger partial charge in [-0.3, -0.25) is 4.79 Å². The van der Waals surface area contributed by atoms with E-state index < -0.39 is 5.97 Å². The maximum Gasteiger partial charge on any atom is 0.325 e. The van der Waals surface area contributed by atoms with E-state index in [1.807, 2.05) is 57.4 Å². The van der Waals surface area contributed by atoms with Crippen LogP contribution in [-0.4, -0.2) is 57.5 Å². The van der Waals surface area contributed by atoms with Crippen LogP contribution in [0.5, 0.6) is 5.75 Å². The number of hydrogen-bond donors (Lipinski definition) is 1. The van der Waals surface area contributed by atoms with Gasteiger partial charge in [-0.1, -0.05) is 0 Å². The average Bonchev–Trinajstić information content (AvgIpc) is 2.93. The standard InChI is InChI=1S/C19H22N4O3/c1-13(11-22(2)3)26-15-8-6-14(7-9-15)18-16-5-4-10-20-19(16)23(21-18)12-17(24)25/h4-10,13H,11-12H2,1-3H3,(H,24,25)/t13-/m1/s1. The van der Waals surface area contributed by atoms with Crippen LogP contribution in [0.15, 0.2) is 42.6 Å². The fourth-order valence-electron chi connectivity index (χ4n) is 2.94. The summed E-state index contributed by atoms with van der Waals surface area (Å²) in [4.78, 5) is 17.4. The van der Waals surface area contributed by atoms with Gasteiger partial charge in [0.2, 0.25) is 0 Å². The molecule has 7 nitrogen and oxygen atoms in total. The van der Waals surface area contributed by atoms with E-state index in [4.69, 9.17) is 9.84 Å². The van der Waals surface area contributed by atoms with E-state index in [0.29, 0.717) is 11.3 Å². The van der Waals surface area contributed by atoms with Gasteiger partial charge in [-0.05, 0) is 57.4 Å². The van der Waals surface area contributed by atoms with E-state index in [9.17, 15) is 4.79 Å². The monoisotopic (exact) mass is 354 g/mol. The second-order valence-corrected chi connectivity index (χ2v) is 6.49. The second kappa shape index (κ2) is 7.53. The fourth-order valence-corrected chi connectivity index (χ4v) is 2.94. The highest BCUT2D eigenvalue weighted by molar-refractivity contribution is 5.91. The average molecular weight is 354 g/mol. The molecule has 136 valence electrons. The number of nitrogens with zero attached hydrogens (tertiary/aromatic N) is 4. The van der Waals surface area contributed by atoms with E-state index in [2.05, 4.69) is 15.0 Å². The lowest BCUT2D eigenvalue weighted by atomic mass is 10.1. The lowest BCUT2D eigenvalue weighted by Crippen LogP contribution is -2.27. The highest BCUT2D eigenvalue weighted by Crippen LogP contribution is 2.28. The maximum absolute atomic E-state index is 11.1. The first kappa shape index (κ1) is 17.9. The summed E-state index contributed by atoms with van der Waals surface area (Å²) in [5.74, 6) is -0.166. The van der Waals surface area contributed by atoms with Gasteiger partial charge in [-0.15, -0.1) is 0 Å². The molecule has 0 aliphatic carbocycles. The normalized spacial score (nSPS) is 12.5. The number of hydrogen-bond acceptors (Lipinski definition) is 5. The molecule has 0 saturated heterocycles. The number of pyridine rings is 1. The second-order valence-electron chi connectivity index (χ2n) is 6.49. The van der Waals surface area contributed by atoms with Crippen LogP contribution in [0.3, 0.4) is 0 Å². The Balaban J connectivity index is 1.88. The van der Waals surface area contributed by atoms with Crippen molar-refractivity contribution in [2.24, 2.45) is 0 Å². The molecule has 3 aromatic rings. The van der Waals surface area contributed by atoms with Crippen molar-refractivity contribution in [2.45, 2.75) is 19.6 Å². The van der Waals surface area contributed by atoms with Crippen molar-refractivity contribution in [2.75, 3.05) is 20.6 Å². The molecule has 1 aromatic carbocycles. The minimum atomic E-state index is -0.953. The third-order valence-electron chi connectivity index (χ3n) is 3.88. The lowest BCUT2D eigenvalue weighted by molar-refractivity contribution is -0.137. The van der Waals surface area contributed by atoms with Crippen molar-refractivity contribution < 1.29 is 14.6 Å². The Bertz CT molecular complexity index is 903. The first-order valence-electron chi connectivity index (χ1n) is 8.39. The fraction of sp³-hybridized carbons (Fsp3) is 0.316. The van der Waals surface area contributed by atoms with Crippen LogP contribution in [0.4, 0.5) is 0 Å². The minimum absolute atomic E-state index is 0.0793. The molecule has 0 unspecified atom stereocenters. The molecule has 0 radical (unpaired) electrons. The minimum Gasteiger partial charge on any atom is -0.489 e. The van der Waals surface area contributed by atoms with Crippen molar-refractivity contribution in [3.05, 3.63) is 42.6 Å². The van der Waals surface area contributed by atoms with Crippen LogP contribution in [-0.2, 0) is 11.3 Å². The summed E-state index contributed by atoms with van der Waals surface area (Å²) in [6, 6.07) is 11.4. The van der Waals surface area contributed by atoms with Gasteiger partial charge in [0.25, 0.3) is 0 Å². The number of fused-ring (bicyclic) bond motifs is 1. The molecule has 7 heteroatoms. The summed E-state index contributed by atoms with van der Waals surface area (Å²) in [6.45, 7) is 2.63. The van der Waals surface area contributed by atoms with Gasteiger partial charge in [0, 0.05) is 23.7 Å². The third-order valence-corrected chi connectivity index (χ3v) is 3.88. The molecule has 1 atom stereocenters. The number of ether oxygens (including phenoxy) is 1. The lowest BCUT2D eigenvalue weighted by Gasteiger charge is -2.18. The number of likely N-dealkylation sites (N-methyl/N-ethyl adjacent to an activating group) is 1. The number of carboxylic acid groups (broad SMARTS) is 1. The van der Waals surface area contributed by atoms with Crippen LogP contribution in [0.1, 0.15) is 6.92 Å². The van der Waals surface area contributed by atoms with Gasteiger partial charge in [0.15, 0.2) is 5.65 Å². The van der Waals surface area contributed by atoms with E-state index >= 15 is 0 Å². The predicted molar refractivity (Wildman–Crippen MR) is 99.2 cm³/mol. The van der Waals surface area contributed by atoms with Gasteiger partial charge in [0.1, 0.15) is 24.1 Å². The Morgan fingerprint density at radius 1 is 1.27 bits per heavy atom. The molecule has 2 aromatic heterocycles. The van der Waals surface area contributed by atoms with Crippen LogP contribution in [0.2, 0.25) is 0 Å². The van der Waals surface area contributed by atoms with Crippen molar-refractivity contribution in [3.8, 4) is 17.0 Å². The van der Waals surface area contributed by atoms with Gasteiger partial charge in [-0.25, -0.2) is 9.67 Å². The molecule has 0 aliphatic rings. The Labute approximate surface area is 151 Å². The number of carboxylic acids is 1. The number of aliphatic carboxylic acids is 1. The number of benzene rings is 1. The molecule has 3 rings (SSSR count). The molecule has 1 N–H and O–H groups in total. The largest absolute Gasteiger partial charge is 0.489 e. The van der Waals surface area contributed by atoms with Crippen LogP contribution >= 0.6 is 0 Å². The molecule has 2 heterocycles. The van der Waals surface area contributed by atoms with Crippen LogP contribution < -0.4 is 4.74 Å². The van der Waals surface area contributed by atoms with Crippen molar-refractivity contribution in [1.82, 2.24) is 19.7 Å². The third kappa shape index (κ3) is 4.00. The van der Waals surface area contributed by atoms with E-state index in [0.717, 1.165) is 23.2 Å². The molecule has 0 spiro atoms. The summed E-state index contributed by atoms with van der Waals surface area (Å²) in [5, 5.41) is 14.4. The quantitative estimate of drug-likeness (QED) is 0.702. The Morgan fingerprint density at radius 2 is 2.00 bits per heavy atom. The first-order valence-corrected chi connectivity index (χ1v) is 8.39. The van der Waals surface area contributed by atoms with Crippen molar-refractivity contribution in [3.63, 3.8) is 0 Å². The zero-order valence-electron chi connectivity index (χ0n) is 15.1. The molecular weight excluding hydrogens is 332 g/mol. The van der Waals surface area contributed by atoms with Crippen LogP contribution in [0.25, 0.3) is 22.3 Å². The Kier molecular flexibility index (Phi) is 5.18. The summed E-state index contributed by atoms with van der Waals surface area (Å²) in [7, 11) is 4.02. The van der Waals surface area contributed by atoms with Crippen LogP contribution in [0, 0.1) is 0 Å². The Morgan fingerprint density at radius 3 is 2.65 bits per heavy atom. The number of rotatable bonds is 7. The molecule has 0 bridgehead atoms. The van der Waals surface area contributed by atoms with E-state index in [1.165, 1.54) is 4.68 Å². The SMILES string of the molecule is C[C@H](CN(C)C)Oc1ccc(-c2nn(CC(=O)O)c3ncccc23)cc1. The van der Waals surface area contributed by atoms with Crippen molar-refractivity contribution in [1.29, 1.82) is 0 Å². The summed E-state index contributed by atoms with van der Waals surface area (Å²) in [5.41, 5.74) is 2.16. The summed E-state index contributed by atoms with van der Waals surface area (Å²) in [6.07, 6.45) is 1.71. The first-order chi connectivity index (χ1) is 12.4. The van der Waals surface area contributed by atoms with Crippen molar-refractivity contribution >= 4 is 17.0 Å².